The van der Waals surface area contributed by atoms with Gasteiger partial charge in [0, 0.05) is 11.6 Å². The Bertz CT molecular complexity index is 664. The van der Waals surface area contributed by atoms with Crippen molar-refractivity contribution in [2.45, 2.75) is 13.5 Å². The molecule has 0 unspecified atom stereocenters. The fourth-order valence-electron chi connectivity index (χ4n) is 2.25. The summed E-state index contributed by atoms with van der Waals surface area (Å²) in [6.45, 7) is 3.02. The summed E-state index contributed by atoms with van der Waals surface area (Å²) in [4.78, 5) is 8.55. The molecule has 0 atom stereocenters. The molecule has 0 fully saturated rings. The van der Waals surface area contributed by atoms with Crippen LogP contribution >= 0.6 is 0 Å². The lowest BCUT2D eigenvalue weighted by atomic mass is 10.1. The summed E-state index contributed by atoms with van der Waals surface area (Å²) in [5, 5.41) is 19.1. The van der Waals surface area contributed by atoms with Crippen molar-refractivity contribution < 1.29 is 14.9 Å². The number of nitrogens with one attached hydrogen (secondary N) is 1. The van der Waals surface area contributed by atoms with Crippen molar-refractivity contribution in [2.24, 2.45) is 4.99 Å². The van der Waals surface area contributed by atoms with E-state index in [9.17, 15) is 10.2 Å². The SMILES string of the molecule is CCOc1cccc2c1CN(c1cc(O)[nH]c1O)C=N2. The number of aromatic amines is 1. The van der Waals surface area contributed by atoms with Crippen LogP contribution in [0.4, 0.5) is 11.4 Å². The van der Waals surface area contributed by atoms with E-state index >= 15 is 0 Å². The monoisotopic (exact) mass is 273 g/mol. The lowest BCUT2D eigenvalue weighted by molar-refractivity contribution is 0.336. The van der Waals surface area contributed by atoms with Gasteiger partial charge in [-0.1, -0.05) is 6.07 Å². The number of hydrogen-bond donors (Lipinski definition) is 3. The maximum atomic E-state index is 9.75. The third-order valence-electron chi connectivity index (χ3n) is 3.14. The second kappa shape index (κ2) is 4.80. The third-order valence-corrected chi connectivity index (χ3v) is 3.14. The Morgan fingerprint density at radius 3 is 2.95 bits per heavy atom. The molecule has 2 heterocycles. The number of nitrogens with zero attached hydrogens (tertiary/aromatic N) is 2. The molecule has 20 heavy (non-hydrogen) atoms. The van der Waals surface area contributed by atoms with Gasteiger partial charge in [-0.15, -0.1) is 0 Å². The van der Waals surface area contributed by atoms with Gasteiger partial charge in [0.15, 0.2) is 5.88 Å². The molecule has 1 aliphatic heterocycles. The Kier molecular flexibility index (Phi) is 2.98. The zero-order valence-electron chi connectivity index (χ0n) is 11.0. The zero-order chi connectivity index (χ0) is 14.1. The quantitative estimate of drug-likeness (QED) is 0.802. The first-order chi connectivity index (χ1) is 9.69. The van der Waals surface area contributed by atoms with Crippen LogP contribution in [0.15, 0.2) is 29.3 Å². The van der Waals surface area contributed by atoms with E-state index in [0.29, 0.717) is 18.8 Å². The molecule has 1 aliphatic rings. The summed E-state index contributed by atoms with van der Waals surface area (Å²) in [6.07, 6.45) is 1.63. The predicted molar refractivity (Wildman–Crippen MR) is 76.1 cm³/mol. The molecule has 2 aromatic rings. The number of aromatic nitrogens is 1. The number of H-pyrrole nitrogens is 1. The van der Waals surface area contributed by atoms with E-state index in [-0.39, 0.29) is 11.8 Å². The van der Waals surface area contributed by atoms with Crippen LogP contribution in [0.25, 0.3) is 0 Å². The van der Waals surface area contributed by atoms with Crippen molar-refractivity contribution in [3.05, 3.63) is 29.8 Å². The molecule has 0 saturated carbocycles. The zero-order valence-corrected chi connectivity index (χ0v) is 11.0. The first-order valence-electron chi connectivity index (χ1n) is 6.35. The Morgan fingerprint density at radius 2 is 2.25 bits per heavy atom. The van der Waals surface area contributed by atoms with Crippen LogP contribution in [0.3, 0.4) is 0 Å². The fourth-order valence-corrected chi connectivity index (χ4v) is 2.25. The number of hydrogen-bond acceptors (Lipinski definition) is 5. The van der Waals surface area contributed by atoms with Gasteiger partial charge in [0.05, 0.1) is 25.2 Å². The maximum Gasteiger partial charge on any atom is 0.215 e. The highest BCUT2D eigenvalue weighted by atomic mass is 16.5. The molecule has 0 aliphatic carbocycles. The van der Waals surface area contributed by atoms with Crippen LogP contribution in [0.5, 0.6) is 17.5 Å². The van der Waals surface area contributed by atoms with E-state index in [1.807, 2.05) is 25.1 Å². The smallest absolute Gasteiger partial charge is 0.215 e. The Hall–Kier alpha value is -2.63. The molecule has 104 valence electrons. The molecule has 3 N–H and O–H groups in total. The summed E-state index contributed by atoms with van der Waals surface area (Å²) in [5.41, 5.74) is 2.28. The highest BCUT2D eigenvalue weighted by molar-refractivity contribution is 5.87. The van der Waals surface area contributed by atoms with E-state index in [1.165, 1.54) is 6.07 Å². The van der Waals surface area contributed by atoms with Crippen LogP contribution < -0.4 is 9.64 Å². The average Bonchev–Trinajstić information content (AvgIpc) is 2.78. The van der Waals surface area contributed by atoms with E-state index in [4.69, 9.17) is 4.74 Å². The van der Waals surface area contributed by atoms with Gasteiger partial charge in [-0.3, -0.25) is 4.98 Å². The first-order valence-corrected chi connectivity index (χ1v) is 6.35. The van der Waals surface area contributed by atoms with Crippen LogP contribution in [0.1, 0.15) is 12.5 Å². The number of rotatable bonds is 3. The van der Waals surface area contributed by atoms with Gasteiger partial charge in [0.1, 0.15) is 11.4 Å². The first kappa shape index (κ1) is 12.4. The third kappa shape index (κ3) is 2.05. The van der Waals surface area contributed by atoms with E-state index in [1.54, 1.807) is 11.2 Å². The van der Waals surface area contributed by atoms with Gasteiger partial charge in [-0.25, -0.2) is 4.99 Å². The summed E-state index contributed by atoms with van der Waals surface area (Å²) < 4.78 is 5.60. The van der Waals surface area contributed by atoms with Crippen LogP contribution in [-0.2, 0) is 6.54 Å². The molecular formula is C14H15N3O3. The van der Waals surface area contributed by atoms with Gasteiger partial charge in [0.25, 0.3) is 0 Å². The molecule has 0 radical (unpaired) electrons. The molecule has 6 heteroatoms. The van der Waals surface area contributed by atoms with Crippen LogP contribution in [0.2, 0.25) is 0 Å². The van der Waals surface area contributed by atoms with Gasteiger partial charge < -0.3 is 19.8 Å². The van der Waals surface area contributed by atoms with Crippen molar-refractivity contribution in [1.29, 1.82) is 0 Å². The Balaban J connectivity index is 1.97. The fraction of sp³-hybridized carbons (Fsp3) is 0.214. The number of ether oxygens (including phenoxy) is 1. The number of aromatic hydroxyl groups is 2. The minimum absolute atomic E-state index is 0.0882. The molecule has 0 bridgehead atoms. The van der Waals surface area contributed by atoms with Crippen molar-refractivity contribution in [3.63, 3.8) is 0 Å². The standard InChI is InChI=1S/C14H15N3O3/c1-2-20-12-5-3-4-10-9(12)7-17(8-15-10)11-6-13(18)16-14(11)19/h3-6,8,16,18-19H,2,7H2,1H3. The number of anilines is 1. The minimum atomic E-state index is -0.0914. The summed E-state index contributed by atoms with van der Waals surface area (Å²) in [6, 6.07) is 7.17. The van der Waals surface area contributed by atoms with Crippen molar-refractivity contribution in [3.8, 4) is 17.5 Å². The van der Waals surface area contributed by atoms with Crippen LogP contribution in [0, 0.1) is 0 Å². The van der Waals surface area contributed by atoms with Crippen LogP contribution in [-0.4, -0.2) is 28.1 Å². The molecule has 0 saturated heterocycles. The second-order valence-electron chi connectivity index (χ2n) is 4.45. The Morgan fingerprint density at radius 1 is 1.40 bits per heavy atom. The van der Waals surface area contributed by atoms with Crippen molar-refractivity contribution in [2.75, 3.05) is 11.5 Å². The summed E-state index contributed by atoms with van der Waals surface area (Å²) >= 11 is 0. The molecule has 0 amide bonds. The number of benzene rings is 1. The molecule has 3 rings (SSSR count). The highest BCUT2D eigenvalue weighted by Gasteiger charge is 2.20. The summed E-state index contributed by atoms with van der Waals surface area (Å²) in [5.74, 6) is 0.604. The highest BCUT2D eigenvalue weighted by Crippen LogP contribution is 2.37. The van der Waals surface area contributed by atoms with Gasteiger partial charge >= 0.3 is 0 Å². The number of fused-ring (bicyclic) bond motifs is 1. The average molecular weight is 273 g/mol. The lowest BCUT2D eigenvalue weighted by Gasteiger charge is -2.24. The predicted octanol–water partition coefficient (Wildman–Crippen LogP) is 2.50. The largest absolute Gasteiger partial charge is 0.494 e. The topological polar surface area (TPSA) is 81.1 Å². The maximum absolute atomic E-state index is 9.75. The second-order valence-corrected chi connectivity index (χ2v) is 4.45. The van der Waals surface area contributed by atoms with Gasteiger partial charge in [-0.05, 0) is 19.1 Å². The summed E-state index contributed by atoms with van der Waals surface area (Å²) in [7, 11) is 0. The van der Waals surface area contributed by atoms with Crippen molar-refractivity contribution >= 4 is 17.7 Å². The molecule has 0 spiro atoms. The molecule has 1 aromatic carbocycles. The van der Waals surface area contributed by atoms with Gasteiger partial charge in [0.2, 0.25) is 5.88 Å². The molecular weight excluding hydrogens is 258 g/mol. The van der Waals surface area contributed by atoms with E-state index < -0.39 is 0 Å². The van der Waals surface area contributed by atoms with E-state index in [2.05, 4.69) is 9.98 Å². The lowest BCUT2D eigenvalue weighted by Crippen LogP contribution is -2.23. The Labute approximate surface area is 116 Å². The van der Waals surface area contributed by atoms with E-state index in [0.717, 1.165) is 17.0 Å². The minimum Gasteiger partial charge on any atom is -0.494 e. The molecule has 6 nitrogen and oxygen atoms in total. The number of aliphatic imine (C=N–C) groups is 1. The van der Waals surface area contributed by atoms with Crippen molar-refractivity contribution in [1.82, 2.24) is 4.98 Å². The van der Waals surface area contributed by atoms with Gasteiger partial charge in [-0.2, -0.15) is 0 Å². The normalized spacial score (nSPS) is 13.3. The molecule has 1 aromatic heterocycles.